The Labute approximate surface area is 110 Å². The maximum atomic E-state index is 12.4. The van der Waals surface area contributed by atoms with Crippen LogP contribution in [-0.4, -0.2) is 37.4 Å². The van der Waals surface area contributed by atoms with Crippen molar-refractivity contribution in [1.29, 1.82) is 0 Å². The van der Waals surface area contributed by atoms with Crippen LogP contribution < -0.4 is 10.1 Å². The van der Waals surface area contributed by atoms with Gasteiger partial charge in [0.1, 0.15) is 5.75 Å². The fourth-order valence-electron chi connectivity index (χ4n) is 2.31. The van der Waals surface area contributed by atoms with E-state index < -0.39 is 6.36 Å². The predicted molar refractivity (Wildman–Crippen MR) is 66.0 cm³/mol. The van der Waals surface area contributed by atoms with E-state index in [-0.39, 0.29) is 11.8 Å². The van der Waals surface area contributed by atoms with Gasteiger partial charge >= 0.3 is 6.36 Å². The smallest absolute Gasteiger partial charge is 0.405 e. The number of nitrogens with one attached hydrogen (secondary N) is 1. The maximum Gasteiger partial charge on any atom is 0.573 e. The van der Waals surface area contributed by atoms with Crippen molar-refractivity contribution in [3.63, 3.8) is 0 Å². The molecule has 19 heavy (non-hydrogen) atoms. The van der Waals surface area contributed by atoms with Gasteiger partial charge in [0.05, 0.1) is 0 Å². The zero-order valence-electron chi connectivity index (χ0n) is 10.7. The van der Waals surface area contributed by atoms with E-state index in [1.807, 2.05) is 6.92 Å². The van der Waals surface area contributed by atoms with Gasteiger partial charge in [-0.1, -0.05) is 18.2 Å². The van der Waals surface area contributed by atoms with Gasteiger partial charge in [-0.25, -0.2) is 0 Å². The second-order valence-corrected chi connectivity index (χ2v) is 4.55. The quantitative estimate of drug-likeness (QED) is 0.916. The molecule has 0 radical (unpaired) electrons. The molecule has 1 N–H and O–H groups in total. The molecule has 1 aromatic rings. The Balaban J connectivity index is 2.18. The van der Waals surface area contributed by atoms with E-state index in [4.69, 9.17) is 0 Å². The number of halogens is 3. The van der Waals surface area contributed by atoms with Crippen molar-refractivity contribution in [2.45, 2.75) is 19.3 Å². The highest BCUT2D eigenvalue weighted by molar-refractivity contribution is 5.35. The first kappa shape index (κ1) is 14.1. The van der Waals surface area contributed by atoms with Gasteiger partial charge < -0.3 is 10.1 Å². The van der Waals surface area contributed by atoms with Crippen molar-refractivity contribution in [3.8, 4) is 5.75 Å². The molecule has 106 valence electrons. The van der Waals surface area contributed by atoms with Gasteiger partial charge in [-0.15, -0.1) is 13.2 Å². The molecule has 1 aliphatic heterocycles. The van der Waals surface area contributed by atoms with Gasteiger partial charge in [-0.2, -0.15) is 0 Å². The van der Waals surface area contributed by atoms with Crippen molar-refractivity contribution in [2.24, 2.45) is 0 Å². The van der Waals surface area contributed by atoms with E-state index in [2.05, 4.69) is 15.0 Å². The lowest BCUT2D eigenvalue weighted by atomic mass is 10.1. The summed E-state index contributed by atoms with van der Waals surface area (Å²) in [6.45, 7) is 5.26. The second-order valence-electron chi connectivity index (χ2n) is 4.55. The van der Waals surface area contributed by atoms with Crippen molar-refractivity contribution in [2.75, 3.05) is 26.2 Å². The van der Waals surface area contributed by atoms with Gasteiger partial charge in [-0.3, -0.25) is 4.90 Å². The van der Waals surface area contributed by atoms with Crippen LogP contribution in [0.4, 0.5) is 13.2 Å². The molecule has 0 aliphatic carbocycles. The third-order valence-corrected chi connectivity index (χ3v) is 3.29. The molecule has 2 rings (SSSR count). The first-order valence-corrected chi connectivity index (χ1v) is 6.27. The van der Waals surface area contributed by atoms with E-state index in [1.54, 1.807) is 18.2 Å². The van der Waals surface area contributed by atoms with E-state index in [0.717, 1.165) is 26.2 Å². The molecule has 1 heterocycles. The molecule has 0 aromatic heterocycles. The van der Waals surface area contributed by atoms with Crippen LogP contribution in [0.5, 0.6) is 5.75 Å². The predicted octanol–water partition coefficient (Wildman–Crippen LogP) is 2.55. The summed E-state index contributed by atoms with van der Waals surface area (Å²) in [6.07, 6.45) is -4.65. The minimum absolute atomic E-state index is 0.0966. The maximum absolute atomic E-state index is 12.4. The molecule has 1 aliphatic rings. The van der Waals surface area contributed by atoms with Crippen molar-refractivity contribution in [3.05, 3.63) is 29.8 Å². The lowest BCUT2D eigenvalue weighted by Gasteiger charge is -2.33. The molecule has 0 bridgehead atoms. The average Bonchev–Trinajstić information content (AvgIpc) is 2.38. The van der Waals surface area contributed by atoms with Crippen molar-refractivity contribution < 1.29 is 17.9 Å². The number of hydrogen-bond acceptors (Lipinski definition) is 3. The molecule has 1 atom stereocenters. The minimum atomic E-state index is -4.65. The number of alkyl halides is 3. The molecular weight excluding hydrogens is 257 g/mol. The normalized spacial score (nSPS) is 19.2. The number of hydrogen-bond donors (Lipinski definition) is 1. The van der Waals surface area contributed by atoms with Crippen molar-refractivity contribution in [1.82, 2.24) is 10.2 Å². The third kappa shape index (κ3) is 3.84. The number of piperazine rings is 1. The Bertz CT molecular complexity index is 417. The molecule has 0 amide bonds. The Morgan fingerprint density at radius 3 is 2.47 bits per heavy atom. The van der Waals surface area contributed by atoms with Crippen LogP contribution in [0, 0.1) is 0 Å². The van der Waals surface area contributed by atoms with Crippen LogP contribution in [0.2, 0.25) is 0 Å². The topological polar surface area (TPSA) is 24.5 Å². The first-order chi connectivity index (χ1) is 8.97. The van der Waals surface area contributed by atoms with Crippen LogP contribution in [0.3, 0.4) is 0 Å². The van der Waals surface area contributed by atoms with Gasteiger partial charge in [0.25, 0.3) is 0 Å². The van der Waals surface area contributed by atoms with Gasteiger partial charge in [0.15, 0.2) is 0 Å². The highest BCUT2D eigenvalue weighted by Crippen LogP contribution is 2.32. The summed E-state index contributed by atoms with van der Waals surface area (Å²) in [5.41, 5.74) is 0.571. The zero-order chi connectivity index (χ0) is 13.9. The molecule has 3 nitrogen and oxygen atoms in total. The SMILES string of the molecule is C[C@H](c1ccccc1OC(F)(F)F)N1CCNCC1. The second kappa shape index (κ2) is 5.79. The summed E-state index contributed by atoms with van der Waals surface area (Å²) in [5.74, 6) is -0.110. The largest absolute Gasteiger partial charge is 0.573 e. The van der Waals surface area contributed by atoms with Gasteiger partial charge in [-0.05, 0) is 13.0 Å². The van der Waals surface area contributed by atoms with E-state index in [1.165, 1.54) is 6.07 Å². The number of benzene rings is 1. The van der Waals surface area contributed by atoms with Crippen LogP contribution in [-0.2, 0) is 0 Å². The van der Waals surface area contributed by atoms with Gasteiger partial charge in [0.2, 0.25) is 0 Å². The Morgan fingerprint density at radius 1 is 1.21 bits per heavy atom. The van der Waals surface area contributed by atoms with Crippen LogP contribution in [0.25, 0.3) is 0 Å². The lowest BCUT2D eigenvalue weighted by molar-refractivity contribution is -0.275. The van der Waals surface area contributed by atoms with Crippen LogP contribution >= 0.6 is 0 Å². The summed E-state index contributed by atoms with van der Waals surface area (Å²) < 4.78 is 41.2. The summed E-state index contributed by atoms with van der Waals surface area (Å²) >= 11 is 0. The Morgan fingerprint density at radius 2 is 1.84 bits per heavy atom. The summed E-state index contributed by atoms with van der Waals surface area (Å²) in [5, 5.41) is 3.22. The highest BCUT2D eigenvalue weighted by Gasteiger charge is 2.33. The van der Waals surface area contributed by atoms with Crippen molar-refractivity contribution >= 4 is 0 Å². The molecule has 0 unspecified atom stereocenters. The molecular formula is C13H17F3N2O. The summed E-state index contributed by atoms with van der Waals surface area (Å²) in [7, 11) is 0. The average molecular weight is 274 g/mol. The Kier molecular flexibility index (Phi) is 4.31. The summed E-state index contributed by atoms with van der Waals surface area (Å²) in [4.78, 5) is 2.15. The first-order valence-electron chi connectivity index (χ1n) is 6.27. The Hall–Kier alpha value is -1.27. The molecule has 6 heteroatoms. The number of nitrogens with zero attached hydrogens (tertiary/aromatic N) is 1. The number of rotatable bonds is 3. The number of para-hydroxylation sites is 1. The molecule has 0 spiro atoms. The molecule has 1 saturated heterocycles. The fourth-order valence-corrected chi connectivity index (χ4v) is 2.31. The molecule has 1 fully saturated rings. The fraction of sp³-hybridized carbons (Fsp3) is 0.538. The van der Waals surface area contributed by atoms with Crippen LogP contribution in [0.15, 0.2) is 24.3 Å². The zero-order valence-corrected chi connectivity index (χ0v) is 10.7. The monoisotopic (exact) mass is 274 g/mol. The molecule has 0 saturated carbocycles. The highest BCUT2D eigenvalue weighted by atomic mass is 19.4. The lowest BCUT2D eigenvalue weighted by Crippen LogP contribution is -2.44. The number of ether oxygens (including phenoxy) is 1. The standard InChI is InChI=1S/C13H17F3N2O/c1-10(18-8-6-17-7-9-18)11-4-2-3-5-12(11)19-13(14,15)16/h2-5,10,17H,6-9H2,1H3/t10-/m1/s1. The van der Waals surface area contributed by atoms with Crippen LogP contribution in [0.1, 0.15) is 18.5 Å². The van der Waals surface area contributed by atoms with E-state index in [0.29, 0.717) is 5.56 Å². The van der Waals surface area contributed by atoms with Gasteiger partial charge in [0, 0.05) is 37.8 Å². The van der Waals surface area contributed by atoms with E-state index in [9.17, 15) is 13.2 Å². The van der Waals surface area contributed by atoms with E-state index >= 15 is 0 Å². The summed E-state index contributed by atoms with van der Waals surface area (Å²) in [6, 6.07) is 6.24. The molecule has 1 aromatic carbocycles. The third-order valence-electron chi connectivity index (χ3n) is 3.29. The minimum Gasteiger partial charge on any atom is -0.405 e.